The SMILES string of the molecule is CC(C)(C)[Si](C)(C)O[C@H]1[C@@H]2OC(c3ccccc3)OC[C@H]2C=C[C@H]1n1cnc2c(Cl)nc(N)nc21. The third-order valence-electron chi connectivity index (χ3n) is 7.38. The predicted octanol–water partition coefficient (Wildman–Crippen LogP) is 5.29. The first-order chi connectivity index (χ1) is 16.5. The molecule has 8 nitrogen and oxygen atoms in total. The van der Waals surface area contributed by atoms with Crippen molar-refractivity contribution in [2.24, 2.45) is 5.92 Å². The molecule has 1 fully saturated rings. The average molecular weight is 514 g/mol. The van der Waals surface area contributed by atoms with Gasteiger partial charge in [-0.2, -0.15) is 9.97 Å². The van der Waals surface area contributed by atoms with Crippen molar-refractivity contribution >= 4 is 37.0 Å². The molecule has 1 aliphatic heterocycles. The van der Waals surface area contributed by atoms with E-state index in [-0.39, 0.29) is 40.3 Å². The van der Waals surface area contributed by atoms with Gasteiger partial charge < -0.3 is 24.2 Å². The summed E-state index contributed by atoms with van der Waals surface area (Å²) in [5.74, 6) is 0.175. The Morgan fingerprint density at radius 3 is 2.60 bits per heavy atom. The molecule has 2 aliphatic rings. The molecule has 2 N–H and O–H groups in total. The minimum Gasteiger partial charge on any atom is -0.409 e. The van der Waals surface area contributed by atoms with Crippen LogP contribution in [0.1, 0.15) is 38.7 Å². The van der Waals surface area contributed by atoms with Gasteiger partial charge in [-0.3, -0.25) is 0 Å². The Bertz CT molecular complexity index is 1240. The van der Waals surface area contributed by atoms with Crippen LogP contribution in [-0.4, -0.2) is 46.7 Å². The van der Waals surface area contributed by atoms with E-state index in [2.05, 4.69) is 61.0 Å². The van der Waals surface area contributed by atoms with Crippen molar-refractivity contribution in [2.45, 2.75) is 63.4 Å². The number of benzene rings is 1. The number of rotatable bonds is 4. The molecule has 1 unspecified atom stereocenters. The minimum atomic E-state index is -2.19. The molecule has 186 valence electrons. The van der Waals surface area contributed by atoms with Gasteiger partial charge in [-0.1, -0.05) is 74.9 Å². The van der Waals surface area contributed by atoms with Crippen molar-refractivity contribution in [3.63, 3.8) is 0 Å². The molecule has 5 rings (SSSR count). The molecular formula is C25H32ClN5O3Si. The Morgan fingerprint density at radius 2 is 1.89 bits per heavy atom. The number of hydrogen-bond acceptors (Lipinski definition) is 7. The molecule has 35 heavy (non-hydrogen) atoms. The molecule has 3 aromatic rings. The maximum absolute atomic E-state index is 7.09. The first-order valence-electron chi connectivity index (χ1n) is 11.9. The van der Waals surface area contributed by atoms with Crippen molar-refractivity contribution in [3.8, 4) is 0 Å². The summed E-state index contributed by atoms with van der Waals surface area (Å²) in [5, 5.41) is 0.253. The number of imidazole rings is 1. The quantitative estimate of drug-likeness (QED) is 0.287. The highest BCUT2D eigenvalue weighted by Crippen LogP contribution is 2.44. The Morgan fingerprint density at radius 1 is 1.14 bits per heavy atom. The van der Waals surface area contributed by atoms with Gasteiger partial charge in [-0.15, -0.1) is 0 Å². The topological polar surface area (TPSA) is 97.3 Å². The number of ether oxygens (including phenoxy) is 2. The van der Waals surface area contributed by atoms with E-state index in [1.54, 1.807) is 6.33 Å². The second-order valence-corrected chi connectivity index (χ2v) is 15.9. The normalized spacial score (nSPS) is 27.2. The monoisotopic (exact) mass is 513 g/mol. The standard InChI is InChI=1S/C25H32ClN5O3Si/c1-25(2,3)35(4,5)34-20-17(31-14-28-18-21(26)29-24(27)30-22(18)31)12-11-16-13-32-23(33-19(16)20)15-9-7-6-8-10-15/h6-12,14,16-17,19-20,23H,13H2,1-5H3,(H2,27,29,30)/t16-,17-,19-,20-,23?/m1/s1. The number of hydrogen-bond donors (Lipinski definition) is 1. The van der Waals surface area contributed by atoms with Gasteiger partial charge in [0, 0.05) is 11.5 Å². The van der Waals surface area contributed by atoms with E-state index in [9.17, 15) is 0 Å². The Balaban J connectivity index is 1.57. The molecule has 5 atom stereocenters. The highest BCUT2D eigenvalue weighted by molar-refractivity contribution is 6.74. The zero-order chi connectivity index (χ0) is 25.0. The van der Waals surface area contributed by atoms with Crippen LogP contribution in [0, 0.1) is 5.92 Å². The van der Waals surface area contributed by atoms with Crippen LogP contribution in [0.15, 0.2) is 48.8 Å². The first kappa shape index (κ1) is 24.4. The number of anilines is 1. The maximum atomic E-state index is 7.09. The van der Waals surface area contributed by atoms with Gasteiger partial charge >= 0.3 is 0 Å². The fourth-order valence-corrected chi connectivity index (χ4v) is 5.96. The minimum absolute atomic E-state index is 0.0190. The van der Waals surface area contributed by atoms with Gasteiger partial charge in [-0.05, 0) is 18.1 Å². The van der Waals surface area contributed by atoms with E-state index < -0.39 is 14.6 Å². The van der Waals surface area contributed by atoms with Crippen LogP contribution in [0.3, 0.4) is 0 Å². The lowest BCUT2D eigenvalue weighted by molar-refractivity contribution is -0.257. The van der Waals surface area contributed by atoms with Crippen LogP contribution in [0.2, 0.25) is 23.3 Å². The third kappa shape index (κ3) is 4.51. The number of nitrogens with zero attached hydrogens (tertiary/aromatic N) is 4. The summed E-state index contributed by atoms with van der Waals surface area (Å²) in [6, 6.07) is 9.81. The fourth-order valence-electron chi connectivity index (χ4n) is 4.43. The molecule has 2 aromatic heterocycles. The fraction of sp³-hybridized carbons (Fsp3) is 0.480. The van der Waals surface area contributed by atoms with Crippen LogP contribution >= 0.6 is 11.6 Å². The second kappa shape index (κ2) is 8.97. The Kier molecular flexibility index (Phi) is 6.25. The lowest BCUT2D eigenvalue weighted by Gasteiger charge is -2.48. The lowest BCUT2D eigenvalue weighted by Crippen LogP contribution is -2.55. The van der Waals surface area contributed by atoms with Crippen molar-refractivity contribution in [3.05, 3.63) is 59.5 Å². The average Bonchev–Trinajstić information content (AvgIpc) is 3.22. The molecule has 3 heterocycles. The number of aromatic nitrogens is 4. The van der Waals surface area contributed by atoms with Crippen molar-refractivity contribution < 1.29 is 13.9 Å². The molecule has 0 spiro atoms. The lowest BCUT2D eigenvalue weighted by atomic mass is 9.86. The van der Waals surface area contributed by atoms with Crippen molar-refractivity contribution in [2.75, 3.05) is 12.3 Å². The smallest absolute Gasteiger partial charge is 0.223 e. The molecule has 10 heteroatoms. The van der Waals surface area contributed by atoms with Crippen molar-refractivity contribution in [1.82, 2.24) is 19.5 Å². The Labute approximate surface area is 211 Å². The highest BCUT2D eigenvalue weighted by atomic mass is 35.5. The molecule has 1 aliphatic carbocycles. The van der Waals surface area contributed by atoms with Gasteiger partial charge in [0.05, 0.1) is 31.2 Å². The molecule has 0 bridgehead atoms. The van der Waals surface area contributed by atoms with E-state index in [0.717, 1.165) is 5.56 Å². The molecule has 0 saturated carbocycles. The van der Waals surface area contributed by atoms with E-state index in [1.807, 2.05) is 34.9 Å². The number of fused-ring (bicyclic) bond motifs is 2. The van der Waals surface area contributed by atoms with E-state index in [1.165, 1.54) is 0 Å². The van der Waals surface area contributed by atoms with E-state index >= 15 is 0 Å². The molecular weight excluding hydrogens is 482 g/mol. The highest BCUT2D eigenvalue weighted by Gasteiger charge is 2.48. The largest absolute Gasteiger partial charge is 0.409 e. The van der Waals surface area contributed by atoms with Crippen LogP contribution in [0.4, 0.5) is 5.95 Å². The summed E-state index contributed by atoms with van der Waals surface area (Å²) in [6.07, 6.45) is 5.07. The van der Waals surface area contributed by atoms with Gasteiger partial charge in [0.15, 0.2) is 25.4 Å². The zero-order valence-corrected chi connectivity index (χ0v) is 22.4. The predicted molar refractivity (Wildman–Crippen MR) is 138 cm³/mol. The molecule has 0 amide bonds. The van der Waals surface area contributed by atoms with Gasteiger partial charge in [0.2, 0.25) is 5.95 Å². The van der Waals surface area contributed by atoms with Gasteiger partial charge in [0.25, 0.3) is 0 Å². The summed E-state index contributed by atoms with van der Waals surface area (Å²) in [4.78, 5) is 13.0. The summed E-state index contributed by atoms with van der Waals surface area (Å²) in [6.45, 7) is 11.8. The summed E-state index contributed by atoms with van der Waals surface area (Å²) in [7, 11) is -2.19. The third-order valence-corrected chi connectivity index (χ3v) is 12.1. The Hall–Kier alpha value is -2.30. The van der Waals surface area contributed by atoms with Gasteiger partial charge in [0.1, 0.15) is 5.52 Å². The van der Waals surface area contributed by atoms with Crippen LogP contribution in [0.25, 0.3) is 11.2 Å². The second-order valence-electron chi connectivity index (χ2n) is 10.8. The van der Waals surface area contributed by atoms with Crippen LogP contribution in [0.5, 0.6) is 0 Å². The number of halogens is 1. The number of nitrogen functional groups attached to an aromatic ring is 1. The number of nitrogens with two attached hydrogens (primary N) is 1. The van der Waals surface area contributed by atoms with E-state index in [4.69, 9.17) is 31.2 Å². The summed E-state index contributed by atoms with van der Waals surface area (Å²) >= 11 is 6.32. The summed E-state index contributed by atoms with van der Waals surface area (Å²) < 4.78 is 21.8. The molecule has 1 saturated heterocycles. The van der Waals surface area contributed by atoms with E-state index in [0.29, 0.717) is 17.8 Å². The van der Waals surface area contributed by atoms with Crippen LogP contribution in [-0.2, 0) is 13.9 Å². The van der Waals surface area contributed by atoms with Crippen molar-refractivity contribution in [1.29, 1.82) is 0 Å². The molecule has 1 aromatic carbocycles. The molecule has 0 radical (unpaired) electrons. The zero-order valence-electron chi connectivity index (χ0n) is 20.7. The van der Waals surface area contributed by atoms with Crippen LogP contribution < -0.4 is 5.73 Å². The summed E-state index contributed by atoms with van der Waals surface area (Å²) in [5.41, 5.74) is 8.01. The maximum Gasteiger partial charge on any atom is 0.223 e. The van der Waals surface area contributed by atoms with Gasteiger partial charge in [-0.25, -0.2) is 4.98 Å². The first-order valence-corrected chi connectivity index (χ1v) is 15.2.